The van der Waals surface area contributed by atoms with Crippen LogP contribution in [-0.2, 0) is 11.8 Å². The summed E-state index contributed by atoms with van der Waals surface area (Å²) in [6.07, 6.45) is 1.32. The highest BCUT2D eigenvalue weighted by atomic mass is 16.5. The zero-order valence-corrected chi connectivity index (χ0v) is 13.4. The summed E-state index contributed by atoms with van der Waals surface area (Å²) < 4.78 is 7.32. The smallest absolute Gasteiger partial charge is 0.257 e. The number of aromatic amines is 1. The first kappa shape index (κ1) is 15.4. The van der Waals surface area contributed by atoms with Gasteiger partial charge in [0.1, 0.15) is 11.9 Å². The lowest BCUT2D eigenvalue weighted by Gasteiger charge is -2.32. The summed E-state index contributed by atoms with van der Waals surface area (Å²) in [7, 11) is 1.79. The molecule has 1 saturated heterocycles. The van der Waals surface area contributed by atoms with E-state index in [1.54, 1.807) is 29.7 Å². The first-order valence-corrected chi connectivity index (χ1v) is 7.43. The van der Waals surface area contributed by atoms with Gasteiger partial charge in [-0.1, -0.05) is 0 Å². The Morgan fingerprint density at radius 2 is 2.22 bits per heavy atom. The normalized spacial score (nSPS) is 18.2. The molecule has 0 saturated carbocycles. The van der Waals surface area contributed by atoms with Gasteiger partial charge in [0.05, 0.1) is 30.1 Å². The standard InChI is InChI=1S/C15H19N5O3/c1-9-11(7-19(3)18-9)15(22)20-4-5-23-13(8-20)12-6-14(21)17-10(2)16-12/h6-7,13H,4-5,8H2,1-3H3,(H,16,17,21)/t13-/m0/s1. The van der Waals surface area contributed by atoms with E-state index in [4.69, 9.17) is 4.74 Å². The molecule has 1 aliphatic heterocycles. The summed E-state index contributed by atoms with van der Waals surface area (Å²) in [5, 5.41) is 4.21. The summed E-state index contributed by atoms with van der Waals surface area (Å²) in [5.41, 5.74) is 1.61. The van der Waals surface area contributed by atoms with Crippen LogP contribution in [0.15, 0.2) is 17.1 Å². The molecular formula is C15H19N5O3. The van der Waals surface area contributed by atoms with E-state index < -0.39 is 6.10 Å². The molecular weight excluding hydrogens is 298 g/mol. The fourth-order valence-electron chi connectivity index (χ4n) is 2.76. The van der Waals surface area contributed by atoms with Crippen LogP contribution in [0.25, 0.3) is 0 Å². The molecule has 0 aliphatic carbocycles. The second-order valence-corrected chi connectivity index (χ2v) is 5.67. The highest BCUT2D eigenvalue weighted by Crippen LogP contribution is 2.21. The van der Waals surface area contributed by atoms with Crippen molar-refractivity contribution in [1.29, 1.82) is 0 Å². The topological polar surface area (TPSA) is 93.1 Å². The van der Waals surface area contributed by atoms with E-state index in [-0.39, 0.29) is 11.5 Å². The van der Waals surface area contributed by atoms with Gasteiger partial charge in [-0.2, -0.15) is 5.10 Å². The van der Waals surface area contributed by atoms with Gasteiger partial charge in [-0.15, -0.1) is 0 Å². The van der Waals surface area contributed by atoms with Gasteiger partial charge in [0.2, 0.25) is 0 Å². The van der Waals surface area contributed by atoms with Gasteiger partial charge in [0, 0.05) is 25.9 Å². The van der Waals surface area contributed by atoms with E-state index in [2.05, 4.69) is 15.1 Å². The number of carbonyl (C=O) groups excluding carboxylic acids is 1. The van der Waals surface area contributed by atoms with Crippen LogP contribution < -0.4 is 5.56 Å². The summed E-state index contributed by atoms with van der Waals surface area (Å²) in [6.45, 7) is 4.81. The van der Waals surface area contributed by atoms with E-state index >= 15 is 0 Å². The van der Waals surface area contributed by atoms with Crippen LogP contribution in [0, 0.1) is 13.8 Å². The number of aromatic nitrogens is 4. The number of rotatable bonds is 2. The largest absolute Gasteiger partial charge is 0.368 e. The van der Waals surface area contributed by atoms with Crippen molar-refractivity contribution in [3.8, 4) is 0 Å². The fourth-order valence-corrected chi connectivity index (χ4v) is 2.76. The van der Waals surface area contributed by atoms with Crippen LogP contribution in [-0.4, -0.2) is 50.3 Å². The van der Waals surface area contributed by atoms with Crippen molar-refractivity contribution in [1.82, 2.24) is 24.6 Å². The molecule has 0 unspecified atom stereocenters. The van der Waals surface area contributed by atoms with E-state index in [1.807, 2.05) is 6.92 Å². The van der Waals surface area contributed by atoms with Crippen LogP contribution in [0.3, 0.4) is 0 Å². The van der Waals surface area contributed by atoms with E-state index in [0.717, 1.165) is 0 Å². The number of amides is 1. The van der Waals surface area contributed by atoms with Crippen molar-refractivity contribution in [2.45, 2.75) is 20.0 Å². The number of morpholine rings is 1. The lowest BCUT2D eigenvalue weighted by Crippen LogP contribution is -2.42. The molecule has 3 rings (SSSR count). The van der Waals surface area contributed by atoms with Gasteiger partial charge >= 0.3 is 0 Å². The second-order valence-electron chi connectivity index (χ2n) is 5.67. The molecule has 8 nitrogen and oxygen atoms in total. The Bertz CT molecular complexity index is 795. The number of nitrogens with zero attached hydrogens (tertiary/aromatic N) is 4. The minimum absolute atomic E-state index is 0.0783. The minimum Gasteiger partial charge on any atom is -0.368 e. The molecule has 1 amide bonds. The monoisotopic (exact) mass is 317 g/mol. The number of aryl methyl sites for hydroxylation is 3. The van der Waals surface area contributed by atoms with Crippen molar-refractivity contribution < 1.29 is 9.53 Å². The predicted molar refractivity (Wildman–Crippen MR) is 82.1 cm³/mol. The summed E-state index contributed by atoms with van der Waals surface area (Å²) in [5.74, 6) is 0.452. The lowest BCUT2D eigenvalue weighted by atomic mass is 10.1. The molecule has 0 spiro atoms. The quantitative estimate of drug-likeness (QED) is 0.862. The fraction of sp³-hybridized carbons (Fsp3) is 0.467. The maximum atomic E-state index is 12.7. The summed E-state index contributed by atoms with van der Waals surface area (Å²) in [4.78, 5) is 32.9. The van der Waals surface area contributed by atoms with Gasteiger partial charge < -0.3 is 14.6 Å². The first-order valence-electron chi connectivity index (χ1n) is 7.43. The third kappa shape index (κ3) is 3.16. The highest BCUT2D eigenvalue weighted by Gasteiger charge is 2.28. The lowest BCUT2D eigenvalue weighted by molar-refractivity contribution is -0.0249. The molecule has 0 bridgehead atoms. The molecule has 1 N–H and O–H groups in total. The molecule has 8 heteroatoms. The van der Waals surface area contributed by atoms with Gasteiger partial charge in [-0.3, -0.25) is 14.3 Å². The van der Waals surface area contributed by atoms with Crippen molar-refractivity contribution in [2.75, 3.05) is 19.7 Å². The average molecular weight is 317 g/mol. The summed E-state index contributed by atoms with van der Waals surface area (Å²) in [6, 6.07) is 1.42. The molecule has 3 heterocycles. The Morgan fingerprint density at radius 1 is 1.43 bits per heavy atom. The number of carbonyl (C=O) groups is 1. The van der Waals surface area contributed by atoms with Gasteiger partial charge in [0.15, 0.2) is 0 Å². The first-order chi connectivity index (χ1) is 10.9. The molecule has 0 aromatic carbocycles. The summed E-state index contributed by atoms with van der Waals surface area (Å²) >= 11 is 0. The van der Waals surface area contributed by atoms with Crippen molar-refractivity contribution in [3.63, 3.8) is 0 Å². The van der Waals surface area contributed by atoms with Crippen molar-refractivity contribution in [3.05, 3.63) is 45.4 Å². The van der Waals surface area contributed by atoms with E-state index in [0.29, 0.717) is 42.5 Å². The molecule has 0 radical (unpaired) electrons. The number of nitrogens with one attached hydrogen (secondary N) is 1. The number of ether oxygens (including phenoxy) is 1. The minimum atomic E-state index is -0.398. The second kappa shape index (κ2) is 5.96. The SMILES string of the molecule is Cc1nc([C@@H]2CN(C(=O)c3cn(C)nc3C)CCO2)cc(=O)[nH]1. The van der Waals surface area contributed by atoms with Crippen LogP contribution >= 0.6 is 0 Å². The van der Waals surface area contributed by atoms with Gasteiger partial charge in [0.25, 0.3) is 11.5 Å². The molecule has 2 aromatic heterocycles. The Hall–Kier alpha value is -2.48. The van der Waals surface area contributed by atoms with Crippen LogP contribution in [0.2, 0.25) is 0 Å². The molecule has 1 aliphatic rings. The van der Waals surface area contributed by atoms with Gasteiger partial charge in [-0.05, 0) is 13.8 Å². The van der Waals surface area contributed by atoms with Crippen molar-refractivity contribution in [2.24, 2.45) is 7.05 Å². The third-order valence-electron chi connectivity index (χ3n) is 3.81. The maximum Gasteiger partial charge on any atom is 0.257 e. The van der Waals surface area contributed by atoms with Crippen LogP contribution in [0.4, 0.5) is 0 Å². The molecule has 2 aromatic rings. The molecule has 1 atom stereocenters. The zero-order chi connectivity index (χ0) is 16.6. The van der Waals surface area contributed by atoms with Crippen LogP contribution in [0.1, 0.15) is 33.7 Å². The molecule has 1 fully saturated rings. The Balaban J connectivity index is 1.82. The maximum absolute atomic E-state index is 12.7. The van der Waals surface area contributed by atoms with Gasteiger partial charge in [-0.25, -0.2) is 4.98 Å². The molecule has 23 heavy (non-hydrogen) atoms. The number of H-pyrrole nitrogens is 1. The zero-order valence-electron chi connectivity index (χ0n) is 13.4. The molecule has 122 valence electrons. The van der Waals surface area contributed by atoms with E-state index in [9.17, 15) is 9.59 Å². The van der Waals surface area contributed by atoms with Crippen molar-refractivity contribution >= 4 is 5.91 Å². The Labute approximate surface area is 133 Å². The van der Waals surface area contributed by atoms with Crippen LogP contribution in [0.5, 0.6) is 0 Å². The number of hydrogen-bond donors (Lipinski definition) is 1. The number of hydrogen-bond acceptors (Lipinski definition) is 5. The Morgan fingerprint density at radius 3 is 2.87 bits per heavy atom. The highest BCUT2D eigenvalue weighted by molar-refractivity contribution is 5.95. The predicted octanol–water partition coefficient (Wildman–Crippen LogP) is 0.334. The van der Waals surface area contributed by atoms with E-state index in [1.165, 1.54) is 6.07 Å². The third-order valence-corrected chi connectivity index (χ3v) is 3.81. The average Bonchev–Trinajstić information content (AvgIpc) is 2.84. The Kier molecular flexibility index (Phi) is 3.99.